The predicted molar refractivity (Wildman–Crippen MR) is 81.3 cm³/mol. The zero-order valence-corrected chi connectivity index (χ0v) is 12.3. The van der Waals surface area contributed by atoms with Crippen LogP contribution in [0, 0.1) is 5.92 Å². The van der Waals surface area contributed by atoms with E-state index in [0.29, 0.717) is 13.2 Å². The normalized spacial score (nSPS) is 21.5. The van der Waals surface area contributed by atoms with Gasteiger partial charge in [-0.1, -0.05) is 6.07 Å². The van der Waals surface area contributed by atoms with Crippen LogP contribution in [0.1, 0.15) is 25.7 Å². The highest BCUT2D eigenvalue weighted by Crippen LogP contribution is 2.38. The first-order chi connectivity index (χ1) is 10.8. The third kappa shape index (κ3) is 2.38. The van der Waals surface area contributed by atoms with Crippen LogP contribution in [0.15, 0.2) is 24.5 Å². The Labute approximate surface area is 128 Å². The number of H-pyrrole nitrogens is 1. The lowest BCUT2D eigenvalue weighted by molar-refractivity contribution is -0.182. The number of anilines is 1. The van der Waals surface area contributed by atoms with Crippen LogP contribution < -0.4 is 5.32 Å². The summed E-state index contributed by atoms with van der Waals surface area (Å²) in [7, 11) is 0. The molecular weight excluding hydrogens is 282 g/mol. The van der Waals surface area contributed by atoms with E-state index in [9.17, 15) is 4.79 Å². The molecular formula is C16H19N3O3. The maximum absolute atomic E-state index is 12.5. The first kappa shape index (κ1) is 13.7. The molecule has 1 aromatic heterocycles. The molecule has 2 heterocycles. The number of nitrogens with one attached hydrogen (secondary N) is 2. The third-order valence-corrected chi connectivity index (χ3v) is 4.64. The first-order valence-electron chi connectivity index (χ1n) is 7.77. The van der Waals surface area contributed by atoms with Crippen molar-refractivity contribution in [3.05, 3.63) is 24.5 Å². The number of para-hydroxylation sites is 1. The lowest BCUT2D eigenvalue weighted by Gasteiger charge is -2.34. The number of ether oxygens (including phenoxy) is 2. The average molecular weight is 301 g/mol. The average Bonchev–Trinajstić information content (AvgIpc) is 3.18. The number of nitrogens with zero attached hydrogens (tertiary/aromatic N) is 1. The summed E-state index contributed by atoms with van der Waals surface area (Å²) in [6, 6.07) is 5.73. The molecule has 6 heteroatoms. The topological polar surface area (TPSA) is 76.2 Å². The molecule has 1 saturated carbocycles. The molecule has 1 aliphatic heterocycles. The van der Waals surface area contributed by atoms with Gasteiger partial charge in [0.25, 0.3) is 0 Å². The van der Waals surface area contributed by atoms with Gasteiger partial charge in [-0.3, -0.25) is 4.79 Å². The van der Waals surface area contributed by atoms with Gasteiger partial charge in [-0.15, -0.1) is 0 Å². The van der Waals surface area contributed by atoms with E-state index in [1.807, 2.05) is 18.2 Å². The molecule has 1 aliphatic carbocycles. The van der Waals surface area contributed by atoms with E-state index < -0.39 is 5.79 Å². The fraction of sp³-hybridized carbons (Fsp3) is 0.500. The number of aromatic nitrogens is 2. The van der Waals surface area contributed by atoms with Crippen molar-refractivity contribution in [3.8, 4) is 0 Å². The molecule has 2 aliphatic rings. The standard InChI is InChI=1S/C16H19N3O3/c20-15(11-4-6-16(7-5-11)21-8-9-22-16)19-13-3-1-2-12-14(13)18-10-17-12/h1-3,10-11H,4-9H2,(H,17,18)(H,19,20). The van der Waals surface area contributed by atoms with Crippen molar-refractivity contribution in [2.75, 3.05) is 18.5 Å². The van der Waals surface area contributed by atoms with Gasteiger partial charge in [-0.05, 0) is 25.0 Å². The number of hydrogen-bond acceptors (Lipinski definition) is 4. The fourth-order valence-electron chi connectivity index (χ4n) is 3.41. The number of imidazole rings is 1. The van der Waals surface area contributed by atoms with Crippen molar-refractivity contribution in [2.45, 2.75) is 31.5 Å². The molecule has 1 aromatic carbocycles. The summed E-state index contributed by atoms with van der Waals surface area (Å²) in [5, 5.41) is 3.02. The molecule has 6 nitrogen and oxygen atoms in total. The highest BCUT2D eigenvalue weighted by Gasteiger charge is 2.41. The first-order valence-corrected chi connectivity index (χ1v) is 7.77. The summed E-state index contributed by atoms with van der Waals surface area (Å²) in [6.07, 6.45) is 4.81. The Morgan fingerprint density at radius 3 is 2.82 bits per heavy atom. The SMILES string of the molecule is O=C(Nc1cccc2[nH]cnc12)C1CCC2(CC1)OCCO2. The number of rotatable bonds is 2. The van der Waals surface area contributed by atoms with E-state index in [-0.39, 0.29) is 11.8 Å². The van der Waals surface area contributed by atoms with Crippen LogP contribution in [0.25, 0.3) is 11.0 Å². The monoisotopic (exact) mass is 301 g/mol. The lowest BCUT2D eigenvalue weighted by Crippen LogP contribution is -2.38. The molecule has 1 saturated heterocycles. The van der Waals surface area contributed by atoms with Crippen molar-refractivity contribution < 1.29 is 14.3 Å². The maximum atomic E-state index is 12.5. The minimum absolute atomic E-state index is 0.00706. The van der Waals surface area contributed by atoms with E-state index in [2.05, 4.69) is 15.3 Å². The van der Waals surface area contributed by atoms with Crippen LogP contribution in [-0.2, 0) is 14.3 Å². The van der Waals surface area contributed by atoms with E-state index in [0.717, 1.165) is 42.4 Å². The van der Waals surface area contributed by atoms with Gasteiger partial charge in [0.15, 0.2) is 5.79 Å². The Balaban J connectivity index is 1.43. The van der Waals surface area contributed by atoms with Crippen molar-refractivity contribution in [1.29, 1.82) is 0 Å². The predicted octanol–water partition coefficient (Wildman–Crippen LogP) is 2.43. The summed E-state index contributed by atoms with van der Waals surface area (Å²) in [6.45, 7) is 1.33. The molecule has 22 heavy (non-hydrogen) atoms. The van der Waals surface area contributed by atoms with Crippen LogP contribution >= 0.6 is 0 Å². The molecule has 2 N–H and O–H groups in total. The summed E-state index contributed by atoms with van der Waals surface area (Å²) in [4.78, 5) is 19.8. The van der Waals surface area contributed by atoms with Crippen molar-refractivity contribution in [2.24, 2.45) is 5.92 Å². The highest BCUT2D eigenvalue weighted by molar-refractivity contribution is 6.00. The quantitative estimate of drug-likeness (QED) is 0.893. The number of benzene rings is 1. The number of hydrogen-bond donors (Lipinski definition) is 2. The van der Waals surface area contributed by atoms with Crippen LogP contribution in [0.4, 0.5) is 5.69 Å². The number of aromatic amines is 1. The fourth-order valence-corrected chi connectivity index (χ4v) is 3.41. The second kappa shape index (κ2) is 5.37. The Bertz CT molecular complexity index is 681. The maximum Gasteiger partial charge on any atom is 0.227 e. The smallest absolute Gasteiger partial charge is 0.227 e. The van der Waals surface area contributed by atoms with Crippen molar-refractivity contribution in [3.63, 3.8) is 0 Å². The third-order valence-electron chi connectivity index (χ3n) is 4.64. The van der Waals surface area contributed by atoms with Crippen LogP contribution in [0.5, 0.6) is 0 Å². The summed E-state index contributed by atoms with van der Waals surface area (Å²) in [5.41, 5.74) is 2.48. The van der Waals surface area contributed by atoms with E-state index in [1.54, 1.807) is 6.33 Å². The molecule has 0 radical (unpaired) electrons. The molecule has 2 aromatic rings. The van der Waals surface area contributed by atoms with Crippen LogP contribution in [0.2, 0.25) is 0 Å². The minimum Gasteiger partial charge on any atom is -0.348 e. The molecule has 0 atom stereocenters. The molecule has 0 unspecified atom stereocenters. The number of fused-ring (bicyclic) bond motifs is 1. The number of amides is 1. The van der Waals surface area contributed by atoms with Gasteiger partial charge < -0.3 is 19.8 Å². The Morgan fingerprint density at radius 1 is 1.27 bits per heavy atom. The van der Waals surface area contributed by atoms with Gasteiger partial charge >= 0.3 is 0 Å². The van der Waals surface area contributed by atoms with Gasteiger partial charge in [0.1, 0.15) is 5.52 Å². The van der Waals surface area contributed by atoms with Gasteiger partial charge in [0.05, 0.1) is 30.7 Å². The summed E-state index contributed by atoms with van der Waals surface area (Å²) in [5.74, 6) is -0.352. The van der Waals surface area contributed by atoms with Crippen molar-refractivity contribution in [1.82, 2.24) is 9.97 Å². The molecule has 4 rings (SSSR count). The zero-order chi connectivity index (χ0) is 15.0. The molecule has 1 spiro atoms. The Kier molecular flexibility index (Phi) is 3.35. The summed E-state index contributed by atoms with van der Waals surface area (Å²) >= 11 is 0. The highest BCUT2D eigenvalue weighted by atomic mass is 16.7. The zero-order valence-electron chi connectivity index (χ0n) is 12.3. The second-order valence-corrected chi connectivity index (χ2v) is 5.98. The second-order valence-electron chi connectivity index (χ2n) is 5.98. The van der Waals surface area contributed by atoms with Crippen LogP contribution in [0.3, 0.4) is 0 Å². The van der Waals surface area contributed by atoms with Crippen molar-refractivity contribution >= 4 is 22.6 Å². The Hall–Kier alpha value is -1.92. The lowest BCUT2D eigenvalue weighted by atomic mass is 9.84. The largest absolute Gasteiger partial charge is 0.348 e. The molecule has 2 fully saturated rings. The van der Waals surface area contributed by atoms with Gasteiger partial charge in [-0.25, -0.2) is 4.98 Å². The molecule has 0 bridgehead atoms. The van der Waals surface area contributed by atoms with Gasteiger partial charge in [-0.2, -0.15) is 0 Å². The van der Waals surface area contributed by atoms with Gasteiger partial charge in [0.2, 0.25) is 5.91 Å². The molecule has 1 amide bonds. The van der Waals surface area contributed by atoms with E-state index >= 15 is 0 Å². The number of carbonyl (C=O) groups excluding carboxylic acids is 1. The number of carbonyl (C=O) groups is 1. The Morgan fingerprint density at radius 2 is 2.05 bits per heavy atom. The van der Waals surface area contributed by atoms with E-state index in [1.165, 1.54) is 0 Å². The van der Waals surface area contributed by atoms with Gasteiger partial charge in [0, 0.05) is 18.8 Å². The van der Waals surface area contributed by atoms with E-state index in [4.69, 9.17) is 9.47 Å². The summed E-state index contributed by atoms with van der Waals surface area (Å²) < 4.78 is 11.4. The van der Waals surface area contributed by atoms with Crippen LogP contribution in [-0.4, -0.2) is 34.9 Å². The molecule has 116 valence electrons. The minimum atomic E-state index is -0.418.